The first-order valence-corrected chi connectivity index (χ1v) is 10.3. The molecule has 0 radical (unpaired) electrons. The first-order chi connectivity index (χ1) is 14.7. The van der Waals surface area contributed by atoms with Crippen LogP contribution in [-0.2, 0) is 17.9 Å². The van der Waals surface area contributed by atoms with Gasteiger partial charge in [-0.3, -0.25) is 9.79 Å². The van der Waals surface area contributed by atoms with E-state index in [1.54, 1.807) is 7.05 Å². The molecule has 0 bridgehead atoms. The Kier molecular flexibility index (Phi) is 10.4. The number of halogens is 1. The zero-order chi connectivity index (χ0) is 21.2. The van der Waals surface area contributed by atoms with Crippen LogP contribution in [0.2, 0.25) is 0 Å². The predicted octanol–water partition coefficient (Wildman–Crippen LogP) is 3.23. The monoisotopic (exact) mass is 538 g/mol. The largest absolute Gasteiger partial charge is 0.494 e. The molecule has 0 unspecified atom stereocenters. The summed E-state index contributed by atoms with van der Waals surface area (Å²) in [5.74, 6) is 2.17. The lowest BCUT2D eigenvalue weighted by atomic mass is 10.2. The van der Waals surface area contributed by atoms with Gasteiger partial charge < -0.3 is 25.4 Å². The van der Waals surface area contributed by atoms with E-state index in [0.717, 1.165) is 29.7 Å². The van der Waals surface area contributed by atoms with Gasteiger partial charge in [0.1, 0.15) is 11.5 Å². The van der Waals surface area contributed by atoms with Crippen LogP contribution in [0, 0.1) is 0 Å². The molecule has 31 heavy (non-hydrogen) atoms. The van der Waals surface area contributed by atoms with E-state index in [0.29, 0.717) is 37.4 Å². The average molecular weight is 538 g/mol. The zero-order valence-corrected chi connectivity index (χ0v) is 20.3. The molecule has 7 nitrogen and oxygen atoms in total. The Morgan fingerprint density at radius 2 is 1.84 bits per heavy atom. The molecule has 168 valence electrons. The van der Waals surface area contributed by atoms with Crippen molar-refractivity contribution in [1.29, 1.82) is 0 Å². The summed E-state index contributed by atoms with van der Waals surface area (Å²) in [4.78, 5) is 16.1. The third-order valence-electron chi connectivity index (χ3n) is 4.61. The van der Waals surface area contributed by atoms with Crippen molar-refractivity contribution in [3.8, 4) is 11.5 Å². The van der Waals surface area contributed by atoms with Crippen molar-refractivity contribution < 1.29 is 14.3 Å². The summed E-state index contributed by atoms with van der Waals surface area (Å²) in [6.45, 7) is 3.83. The third kappa shape index (κ3) is 8.64. The van der Waals surface area contributed by atoms with Gasteiger partial charge in [-0.1, -0.05) is 30.3 Å². The van der Waals surface area contributed by atoms with Crippen LogP contribution in [0.5, 0.6) is 11.5 Å². The summed E-state index contributed by atoms with van der Waals surface area (Å²) in [6.07, 6.45) is 2.14. The molecule has 0 aromatic heterocycles. The maximum Gasteiger partial charge on any atom is 0.258 e. The number of nitrogens with one attached hydrogen (secondary N) is 3. The molecule has 0 heterocycles. The van der Waals surface area contributed by atoms with Crippen LogP contribution in [0.3, 0.4) is 0 Å². The Balaban J connectivity index is 0.00000341. The molecule has 2 aromatic rings. The minimum absolute atomic E-state index is 0. The second-order valence-corrected chi connectivity index (χ2v) is 7.10. The van der Waals surface area contributed by atoms with Gasteiger partial charge in [-0.25, -0.2) is 0 Å². The molecule has 0 spiro atoms. The van der Waals surface area contributed by atoms with Crippen molar-refractivity contribution in [2.24, 2.45) is 4.99 Å². The lowest BCUT2D eigenvalue weighted by molar-refractivity contribution is -0.123. The van der Waals surface area contributed by atoms with Crippen molar-refractivity contribution in [3.05, 3.63) is 59.7 Å². The molecule has 1 fully saturated rings. The molecule has 3 rings (SSSR count). The van der Waals surface area contributed by atoms with Crippen molar-refractivity contribution in [2.75, 3.05) is 20.3 Å². The highest BCUT2D eigenvalue weighted by molar-refractivity contribution is 14.0. The van der Waals surface area contributed by atoms with E-state index in [4.69, 9.17) is 9.47 Å². The van der Waals surface area contributed by atoms with Gasteiger partial charge in [-0.2, -0.15) is 0 Å². The summed E-state index contributed by atoms with van der Waals surface area (Å²) in [5.41, 5.74) is 2.11. The van der Waals surface area contributed by atoms with Crippen LogP contribution >= 0.6 is 24.0 Å². The van der Waals surface area contributed by atoms with E-state index in [-0.39, 0.29) is 36.5 Å². The molecule has 0 aliphatic heterocycles. The Bertz CT molecular complexity index is 871. The van der Waals surface area contributed by atoms with E-state index in [9.17, 15) is 4.79 Å². The predicted molar refractivity (Wildman–Crippen MR) is 133 cm³/mol. The van der Waals surface area contributed by atoms with Gasteiger partial charge >= 0.3 is 0 Å². The Morgan fingerprint density at radius 1 is 1.06 bits per heavy atom. The van der Waals surface area contributed by atoms with Crippen LogP contribution in [0.25, 0.3) is 0 Å². The fourth-order valence-electron chi connectivity index (χ4n) is 2.92. The Labute approximate surface area is 201 Å². The molecule has 1 saturated carbocycles. The van der Waals surface area contributed by atoms with Gasteiger partial charge in [0.2, 0.25) is 0 Å². The van der Waals surface area contributed by atoms with Crippen molar-refractivity contribution in [3.63, 3.8) is 0 Å². The number of hydrogen-bond acceptors (Lipinski definition) is 4. The van der Waals surface area contributed by atoms with Crippen molar-refractivity contribution >= 4 is 35.8 Å². The highest BCUT2D eigenvalue weighted by atomic mass is 127. The lowest BCUT2D eigenvalue weighted by Crippen LogP contribution is -2.36. The van der Waals surface area contributed by atoms with E-state index in [1.165, 1.54) is 0 Å². The molecule has 0 saturated heterocycles. The molecular weight excluding hydrogens is 507 g/mol. The summed E-state index contributed by atoms with van der Waals surface area (Å²) < 4.78 is 11.3. The normalized spacial score (nSPS) is 13.0. The number of guanidine groups is 1. The highest BCUT2D eigenvalue weighted by Crippen LogP contribution is 2.19. The van der Waals surface area contributed by atoms with Gasteiger partial charge in [0, 0.05) is 31.7 Å². The van der Waals surface area contributed by atoms with Gasteiger partial charge in [-0.15, -0.1) is 24.0 Å². The number of hydrogen-bond donors (Lipinski definition) is 3. The molecule has 2 aromatic carbocycles. The number of nitrogens with zero attached hydrogens (tertiary/aromatic N) is 1. The van der Waals surface area contributed by atoms with Crippen molar-refractivity contribution in [1.82, 2.24) is 16.0 Å². The molecule has 8 heteroatoms. The molecule has 0 atom stereocenters. The number of amides is 1. The van der Waals surface area contributed by atoms with E-state index in [1.807, 2.05) is 55.5 Å². The Morgan fingerprint density at radius 3 is 2.58 bits per heavy atom. The fraction of sp³-hybridized carbons (Fsp3) is 0.391. The average Bonchev–Trinajstić information content (AvgIpc) is 3.58. The number of benzene rings is 2. The Hall–Kier alpha value is -2.49. The first-order valence-electron chi connectivity index (χ1n) is 10.3. The maximum atomic E-state index is 11.8. The minimum atomic E-state index is -0.0713. The highest BCUT2D eigenvalue weighted by Gasteiger charge is 2.23. The maximum absolute atomic E-state index is 11.8. The minimum Gasteiger partial charge on any atom is -0.494 e. The molecule has 3 N–H and O–H groups in total. The van der Waals surface area contributed by atoms with Gasteiger partial charge in [0.15, 0.2) is 12.6 Å². The molecular formula is C23H31IN4O3. The molecule has 1 aliphatic carbocycles. The second kappa shape index (κ2) is 13.0. The summed E-state index contributed by atoms with van der Waals surface area (Å²) in [6, 6.07) is 16.0. The van der Waals surface area contributed by atoms with E-state index < -0.39 is 0 Å². The summed E-state index contributed by atoms with van der Waals surface area (Å²) in [5, 5.41) is 9.52. The molecule has 1 amide bonds. The number of aliphatic imine (C=N–C) groups is 1. The first kappa shape index (κ1) is 24.8. The van der Waals surface area contributed by atoms with Crippen LogP contribution in [-0.4, -0.2) is 38.2 Å². The topological polar surface area (TPSA) is 84.0 Å². The number of rotatable bonds is 10. The number of carbonyl (C=O) groups excluding carboxylic acids is 1. The summed E-state index contributed by atoms with van der Waals surface area (Å²) in [7, 11) is 1.74. The fourth-order valence-corrected chi connectivity index (χ4v) is 2.92. The van der Waals surface area contributed by atoms with Crippen LogP contribution in [0.4, 0.5) is 0 Å². The standard InChI is InChI=1S/C23H30N4O3.HI/c1-3-29-21-10-5-4-8-18(21)15-26-23(24-2)25-14-17-7-6-9-20(13-17)30-16-22(28)27-19-11-12-19;/h4-10,13,19H,3,11-12,14-16H2,1-2H3,(H,27,28)(H2,24,25,26);1H. The van der Waals surface area contributed by atoms with Gasteiger partial charge in [-0.05, 0) is 43.5 Å². The smallest absolute Gasteiger partial charge is 0.258 e. The van der Waals surface area contributed by atoms with E-state index >= 15 is 0 Å². The number of para-hydroxylation sites is 1. The van der Waals surface area contributed by atoms with Gasteiger partial charge in [0.05, 0.1) is 6.61 Å². The van der Waals surface area contributed by atoms with Gasteiger partial charge in [0.25, 0.3) is 5.91 Å². The quantitative estimate of drug-likeness (QED) is 0.246. The third-order valence-corrected chi connectivity index (χ3v) is 4.61. The van der Waals surface area contributed by atoms with Crippen LogP contribution < -0.4 is 25.4 Å². The number of ether oxygens (including phenoxy) is 2. The lowest BCUT2D eigenvalue weighted by Gasteiger charge is -2.15. The second-order valence-electron chi connectivity index (χ2n) is 7.10. The van der Waals surface area contributed by atoms with E-state index in [2.05, 4.69) is 20.9 Å². The SMILES string of the molecule is CCOc1ccccc1CNC(=NC)NCc1cccc(OCC(=O)NC2CC2)c1.I. The molecule has 1 aliphatic rings. The summed E-state index contributed by atoms with van der Waals surface area (Å²) >= 11 is 0. The van der Waals surface area contributed by atoms with Crippen molar-refractivity contribution in [2.45, 2.75) is 38.9 Å². The van der Waals surface area contributed by atoms with Crippen LogP contribution in [0.1, 0.15) is 30.9 Å². The van der Waals surface area contributed by atoms with Crippen LogP contribution in [0.15, 0.2) is 53.5 Å². The zero-order valence-electron chi connectivity index (χ0n) is 18.0. The number of carbonyl (C=O) groups is 1.